The normalized spacial score (nSPS) is 28.1. The summed E-state index contributed by atoms with van der Waals surface area (Å²) in [5, 5.41) is 10.1. The Kier molecular flexibility index (Phi) is 2.53. The second-order valence-electron chi connectivity index (χ2n) is 4.36. The second kappa shape index (κ2) is 3.47. The minimum absolute atomic E-state index is 0.417. The number of ether oxygens (including phenoxy) is 1. The van der Waals surface area contributed by atoms with Crippen LogP contribution in [0.15, 0.2) is 22.7 Å². The molecule has 0 saturated carbocycles. The van der Waals surface area contributed by atoms with Crippen molar-refractivity contribution in [3.05, 3.63) is 28.2 Å². The van der Waals surface area contributed by atoms with Crippen molar-refractivity contribution in [2.24, 2.45) is 5.73 Å². The Bertz CT molecular complexity index is 392. The molecule has 0 aromatic heterocycles. The Labute approximate surface area is 97.4 Å². The van der Waals surface area contributed by atoms with Crippen LogP contribution in [0.25, 0.3) is 0 Å². The third kappa shape index (κ3) is 1.77. The molecule has 0 amide bonds. The fourth-order valence-corrected chi connectivity index (χ4v) is 2.15. The van der Waals surface area contributed by atoms with Gasteiger partial charge in [0, 0.05) is 10.0 Å². The molecule has 2 atom stereocenters. The highest BCUT2D eigenvalue weighted by molar-refractivity contribution is 9.10. The molecule has 1 aliphatic rings. The monoisotopic (exact) mass is 271 g/mol. The Morgan fingerprint density at radius 2 is 2.13 bits per heavy atom. The highest BCUT2D eigenvalue weighted by atomic mass is 79.9. The number of fused-ring (bicyclic) bond motifs is 1. The van der Waals surface area contributed by atoms with Crippen LogP contribution in [0.5, 0.6) is 5.75 Å². The summed E-state index contributed by atoms with van der Waals surface area (Å²) in [5.41, 5.74) is 6.14. The number of hydrogen-bond donors (Lipinski definition) is 2. The van der Waals surface area contributed by atoms with Gasteiger partial charge in [-0.3, -0.25) is 0 Å². The lowest BCUT2D eigenvalue weighted by atomic mass is 9.87. The van der Waals surface area contributed by atoms with Gasteiger partial charge in [-0.1, -0.05) is 15.9 Å². The van der Waals surface area contributed by atoms with E-state index in [9.17, 15) is 5.11 Å². The summed E-state index contributed by atoms with van der Waals surface area (Å²) in [6.45, 7) is 3.76. The van der Waals surface area contributed by atoms with Crippen molar-refractivity contribution in [2.75, 3.05) is 0 Å². The average Bonchev–Trinajstić information content (AvgIpc) is 2.16. The Balaban J connectivity index is 2.50. The molecule has 4 heteroatoms. The van der Waals surface area contributed by atoms with Crippen LogP contribution in [0.1, 0.15) is 25.5 Å². The van der Waals surface area contributed by atoms with Gasteiger partial charge in [-0.15, -0.1) is 0 Å². The summed E-state index contributed by atoms with van der Waals surface area (Å²) >= 11 is 3.36. The van der Waals surface area contributed by atoms with E-state index in [1.165, 1.54) is 0 Å². The first-order valence-corrected chi connectivity index (χ1v) is 5.63. The molecule has 0 bridgehead atoms. The predicted molar refractivity (Wildman–Crippen MR) is 61.8 cm³/mol. The fraction of sp³-hybridized carbons (Fsp3) is 0.455. The van der Waals surface area contributed by atoms with Crippen molar-refractivity contribution >= 4 is 15.9 Å². The van der Waals surface area contributed by atoms with Crippen LogP contribution < -0.4 is 10.5 Å². The van der Waals surface area contributed by atoms with Crippen molar-refractivity contribution in [1.82, 2.24) is 0 Å². The van der Waals surface area contributed by atoms with E-state index in [-0.39, 0.29) is 0 Å². The van der Waals surface area contributed by atoms with Crippen LogP contribution >= 0.6 is 15.9 Å². The van der Waals surface area contributed by atoms with E-state index in [4.69, 9.17) is 10.5 Å². The van der Waals surface area contributed by atoms with E-state index < -0.39 is 17.7 Å². The van der Waals surface area contributed by atoms with Crippen LogP contribution in [0.3, 0.4) is 0 Å². The molecule has 0 fully saturated rings. The van der Waals surface area contributed by atoms with Crippen molar-refractivity contribution in [1.29, 1.82) is 0 Å². The largest absolute Gasteiger partial charge is 0.486 e. The molecule has 1 aromatic carbocycles. The van der Waals surface area contributed by atoms with Crippen LogP contribution in [0, 0.1) is 0 Å². The number of halogens is 1. The maximum absolute atomic E-state index is 10.1. The summed E-state index contributed by atoms with van der Waals surface area (Å²) in [6, 6.07) is 5.16. The van der Waals surface area contributed by atoms with Crippen LogP contribution in [0.2, 0.25) is 0 Å². The number of benzene rings is 1. The Morgan fingerprint density at radius 1 is 1.47 bits per heavy atom. The third-order valence-electron chi connectivity index (χ3n) is 2.81. The summed E-state index contributed by atoms with van der Waals surface area (Å²) in [5.74, 6) is 0.706. The number of rotatable bonds is 0. The zero-order chi connectivity index (χ0) is 11.2. The number of aliphatic hydroxyl groups excluding tert-OH is 1. The molecule has 0 radical (unpaired) electrons. The highest BCUT2D eigenvalue weighted by Crippen LogP contribution is 2.39. The number of hydrogen-bond acceptors (Lipinski definition) is 3. The first kappa shape index (κ1) is 10.9. The maximum Gasteiger partial charge on any atom is 0.126 e. The first-order valence-electron chi connectivity index (χ1n) is 4.84. The van der Waals surface area contributed by atoms with Gasteiger partial charge in [0.05, 0.1) is 6.04 Å². The predicted octanol–water partition coefficient (Wildman–Crippen LogP) is 1.98. The molecule has 82 valence electrons. The van der Waals surface area contributed by atoms with E-state index >= 15 is 0 Å². The topological polar surface area (TPSA) is 55.5 Å². The lowest BCUT2D eigenvalue weighted by Crippen LogP contribution is -2.53. The van der Waals surface area contributed by atoms with Gasteiger partial charge in [-0.2, -0.15) is 0 Å². The van der Waals surface area contributed by atoms with Gasteiger partial charge in [0.2, 0.25) is 0 Å². The summed E-state index contributed by atoms with van der Waals surface area (Å²) in [7, 11) is 0. The molecule has 0 spiro atoms. The quantitative estimate of drug-likeness (QED) is 0.759. The number of aliphatic hydroxyl groups is 1. The van der Waals surface area contributed by atoms with Gasteiger partial charge in [-0.25, -0.2) is 0 Å². The Morgan fingerprint density at radius 3 is 2.80 bits per heavy atom. The minimum atomic E-state index is -0.679. The average molecular weight is 272 g/mol. The Hall–Kier alpha value is -0.580. The highest BCUT2D eigenvalue weighted by Gasteiger charge is 2.40. The van der Waals surface area contributed by atoms with Crippen LogP contribution in [-0.2, 0) is 0 Å². The molecule has 3 N–H and O–H groups in total. The molecule has 1 aliphatic heterocycles. The summed E-state index contributed by atoms with van der Waals surface area (Å²) in [6.07, 6.45) is -0.679. The molecule has 3 nitrogen and oxygen atoms in total. The van der Waals surface area contributed by atoms with Crippen molar-refractivity contribution < 1.29 is 9.84 Å². The van der Waals surface area contributed by atoms with Gasteiger partial charge < -0.3 is 15.6 Å². The lowest BCUT2D eigenvalue weighted by molar-refractivity contribution is -0.0117. The SMILES string of the molecule is CC1(C)Oc2ccc(Br)cc2C(O)C1N. The van der Waals surface area contributed by atoms with Crippen molar-refractivity contribution in [2.45, 2.75) is 31.6 Å². The van der Waals surface area contributed by atoms with E-state index in [1.54, 1.807) is 0 Å². The molecule has 15 heavy (non-hydrogen) atoms. The zero-order valence-corrected chi connectivity index (χ0v) is 10.3. The molecular formula is C11H14BrNO2. The summed E-state index contributed by atoms with van der Waals surface area (Å²) in [4.78, 5) is 0. The third-order valence-corrected chi connectivity index (χ3v) is 3.30. The van der Waals surface area contributed by atoms with Crippen LogP contribution in [-0.4, -0.2) is 16.7 Å². The fourth-order valence-electron chi connectivity index (χ4n) is 1.77. The van der Waals surface area contributed by atoms with Gasteiger partial charge in [-0.05, 0) is 32.0 Å². The van der Waals surface area contributed by atoms with Gasteiger partial charge >= 0.3 is 0 Å². The minimum Gasteiger partial charge on any atom is -0.486 e. The lowest BCUT2D eigenvalue weighted by Gasteiger charge is -2.40. The standard InChI is InChI=1S/C11H14BrNO2/c1-11(2)10(13)9(14)7-5-6(12)3-4-8(7)15-11/h3-5,9-10,14H,13H2,1-2H3. The zero-order valence-electron chi connectivity index (χ0n) is 8.70. The van der Waals surface area contributed by atoms with E-state index in [2.05, 4.69) is 15.9 Å². The van der Waals surface area contributed by atoms with E-state index in [0.717, 1.165) is 10.0 Å². The molecule has 2 unspecified atom stereocenters. The van der Waals surface area contributed by atoms with Gasteiger partial charge in [0.15, 0.2) is 0 Å². The number of nitrogens with two attached hydrogens (primary N) is 1. The van der Waals surface area contributed by atoms with E-state index in [0.29, 0.717) is 5.75 Å². The summed E-state index contributed by atoms with van der Waals surface area (Å²) < 4.78 is 6.66. The molecule has 0 aliphatic carbocycles. The molecule has 0 saturated heterocycles. The van der Waals surface area contributed by atoms with Crippen LogP contribution in [0.4, 0.5) is 0 Å². The van der Waals surface area contributed by atoms with Gasteiger partial charge in [0.25, 0.3) is 0 Å². The molecular weight excluding hydrogens is 258 g/mol. The van der Waals surface area contributed by atoms with Crippen molar-refractivity contribution in [3.63, 3.8) is 0 Å². The second-order valence-corrected chi connectivity index (χ2v) is 5.27. The van der Waals surface area contributed by atoms with E-state index in [1.807, 2.05) is 32.0 Å². The van der Waals surface area contributed by atoms with Gasteiger partial charge in [0.1, 0.15) is 17.5 Å². The smallest absolute Gasteiger partial charge is 0.126 e. The van der Waals surface area contributed by atoms with Crippen molar-refractivity contribution in [3.8, 4) is 5.75 Å². The molecule has 1 heterocycles. The molecule has 1 aromatic rings. The maximum atomic E-state index is 10.1. The molecule has 2 rings (SSSR count). The first-order chi connectivity index (χ1) is 6.92.